The lowest BCUT2D eigenvalue weighted by atomic mass is 9.96. The number of carbonyl (C=O) groups is 2. The SMILES string of the molecule is CC1C=C(Oc2ccc3nc(NC(=O)c4cccs4)[nH]c3c2)C=CC1NC(=O)Nc1cc(C(F)(F)F)ccc1F. The largest absolute Gasteiger partial charge is 0.458 e. The molecule has 0 spiro atoms. The van der Waals surface area contributed by atoms with Gasteiger partial charge in [-0.1, -0.05) is 19.1 Å². The molecule has 2 atom stereocenters. The second kappa shape index (κ2) is 10.8. The predicted octanol–water partition coefficient (Wildman–Crippen LogP) is 6.69. The zero-order chi connectivity index (χ0) is 28.4. The van der Waals surface area contributed by atoms with E-state index >= 15 is 0 Å². The number of ether oxygens (including phenoxy) is 1. The number of carbonyl (C=O) groups excluding carboxylic acids is 2. The molecule has 8 nitrogen and oxygen atoms in total. The number of rotatable bonds is 6. The first-order valence-electron chi connectivity index (χ1n) is 11.9. The van der Waals surface area contributed by atoms with Crippen molar-refractivity contribution in [3.8, 4) is 5.75 Å². The lowest BCUT2D eigenvalue weighted by molar-refractivity contribution is -0.137. The van der Waals surface area contributed by atoms with Crippen LogP contribution in [-0.4, -0.2) is 27.9 Å². The molecule has 0 fully saturated rings. The smallest absolute Gasteiger partial charge is 0.416 e. The molecule has 4 aromatic rings. The number of anilines is 2. The maximum absolute atomic E-state index is 14.0. The first kappa shape index (κ1) is 26.9. The number of urea groups is 1. The summed E-state index contributed by atoms with van der Waals surface area (Å²) in [6.07, 6.45) is 0.390. The Morgan fingerprint density at radius 3 is 2.65 bits per heavy atom. The molecule has 5 rings (SSSR count). The van der Waals surface area contributed by atoms with Crippen molar-refractivity contribution in [3.05, 3.63) is 94.2 Å². The van der Waals surface area contributed by atoms with Crippen LogP contribution in [0.15, 0.2) is 77.9 Å². The first-order chi connectivity index (χ1) is 19.0. The summed E-state index contributed by atoms with van der Waals surface area (Å²) in [7, 11) is 0. The van der Waals surface area contributed by atoms with Gasteiger partial charge in [0.1, 0.15) is 17.3 Å². The summed E-state index contributed by atoms with van der Waals surface area (Å²) >= 11 is 1.32. The van der Waals surface area contributed by atoms with E-state index < -0.39 is 35.3 Å². The minimum absolute atomic E-state index is 0.257. The average Bonchev–Trinajstić information content (AvgIpc) is 3.56. The average molecular weight is 572 g/mol. The van der Waals surface area contributed by atoms with E-state index in [1.807, 2.05) is 6.92 Å². The molecule has 4 N–H and O–H groups in total. The number of nitrogens with one attached hydrogen (secondary N) is 4. The molecule has 0 radical (unpaired) electrons. The van der Waals surface area contributed by atoms with E-state index in [1.54, 1.807) is 53.9 Å². The van der Waals surface area contributed by atoms with Gasteiger partial charge >= 0.3 is 12.2 Å². The standard InChI is InChI=1S/C27H21F4N5O3S/c1-14-11-16(5-8-19(14)34-26(38)35-21-12-15(27(29,30)31)4-7-18(21)28)39-17-6-9-20-22(13-17)33-25(32-20)36-24(37)23-3-2-10-40-23/h2-14,19H,1H3,(H2,34,35,38)(H2,32,33,36,37). The molecule has 0 aliphatic heterocycles. The van der Waals surface area contributed by atoms with Gasteiger partial charge < -0.3 is 20.4 Å². The Kier molecular flexibility index (Phi) is 7.30. The van der Waals surface area contributed by atoms with Crippen LogP contribution in [0.25, 0.3) is 11.0 Å². The highest BCUT2D eigenvalue weighted by Crippen LogP contribution is 2.32. The number of amides is 3. The highest BCUT2D eigenvalue weighted by molar-refractivity contribution is 7.12. The summed E-state index contributed by atoms with van der Waals surface area (Å²) in [4.78, 5) is 32.6. The number of alkyl halides is 3. The van der Waals surface area contributed by atoms with Crippen LogP contribution in [0, 0.1) is 11.7 Å². The molecule has 0 saturated heterocycles. The van der Waals surface area contributed by atoms with Gasteiger partial charge in [0.05, 0.1) is 33.2 Å². The van der Waals surface area contributed by atoms with Crippen LogP contribution >= 0.6 is 11.3 Å². The molecule has 0 saturated carbocycles. The Morgan fingerprint density at radius 2 is 1.93 bits per heavy atom. The highest BCUT2D eigenvalue weighted by Gasteiger charge is 2.31. The van der Waals surface area contributed by atoms with E-state index in [-0.39, 0.29) is 11.8 Å². The number of imidazole rings is 1. The Hall–Kier alpha value is -4.65. The molecule has 40 heavy (non-hydrogen) atoms. The van der Waals surface area contributed by atoms with Gasteiger partial charge in [0.2, 0.25) is 5.95 Å². The van der Waals surface area contributed by atoms with Crippen molar-refractivity contribution in [1.82, 2.24) is 15.3 Å². The second-order valence-electron chi connectivity index (χ2n) is 8.90. The summed E-state index contributed by atoms with van der Waals surface area (Å²) in [6.45, 7) is 1.81. The van der Waals surface area contributed by atoms with Gasteiger partial charge in [0, 0.05) is 12.0 Å². The molecule has 2 heterocycles. The number of nitrogens with zero attached hydrogens (tertiary/aromatic N) is 1. The summed E-state index contributed by atoms with van der Waals surface area (Å²) in [5.41, 5.74) is -0.386. The lowest BCUT2D eigenvalue weighted by Gasteiger charge is -2.24. The Balaban J connectivity index is 1.19. The number of H-pyrrole nitrogens is 1. The molecule has 13 heteroatoms. The van der Waals surface area contributed by atoms with Crippen molar-refractivity contribution in [1.29, 1.82) is 0 Å². The van der Waals surface area contributed by atoms with Gasteiger partial charge in [-0.05, 0) is 53.9 Å². The Labute approximate surface area is 228 Å². The van der Waals surface area contributed by atoms with E-state index in [2.05, 4.69) is 25.9 Å². The highest BCUT2D eigenvalue weighted by atomic mass is 32.1. The minimum Gasteiger partial charge on any atom is -0.458 e. The van der Waals surface area contributed by atoms with Crippen LogP contribution in [-0.2, 0) is 6.18 Å². The second-order valence-corrected chi connectivity index (χ2v) is 9.85. The zero-order valence-corrected chi connectivity index (χ0v) is 21.5. The van der Waals surface area contributed by atoms with Crippen molar-refractivity contribution in [2.45, 2.75) is 19.1 Å². The van der Waals surface area contributed by atoms with Crippen molar-refractivity contribution < 1.29 is 31.9 Å². The number of hydrogen-bond donors (Lipinski definition) is 4. The number of hydrogen-bond acceptors (Lipinski definition) is 5. The molecule has 206 valence electrons. The number of aromatic nitrogens is 2. The summed E-state index contributed by atoms with van der Waals surface area (Å²) in [5, 5.41) is 9.27. The van der Waals surface area contributed by atoms with Crippen molar-refractivity contribution in [3.63, 3.8) is 0 Å². The van der Waals surface area contributed by atoms with Gasteiger partial charge in [-0.15, -0.1) is 11.3 Å². The molecule has 3 amide bonds. The molecular formula is C27H21F4N5O3S. The zero-order valence-electron chi connectivity index (χ0n) is 20.7. The van der Waals surface area contributed by atoms with Gasteiger partial charge in [-0.2, -0.15) is 13.2 Å². The van der Waals surface area contributed by atoms with Crippen molar-refractivity contribution >= 4 is 45.9 Å². The topological polar surface area (TPSA) is 108 Å². The van der Waals surface area contributed by atoms with Gasteiger partial charge in [-0.3, -0.25) is 10.1 Å². The third-order valence-electron chi connectivity index (χ3n) is 5.97. The molecule has 2 unspecified atom stereocenters. The molecule has 2 aromatic heterocycles. The molecule has 2 aromatic carbocycles. The Morgan fingerprint density at radius 1 is 1.10 bits per heavy atom. The lowest BCUT2D eigenvalue weighted by Crippen LogP contribution is -2.41. The van der Waals surface area contributed by atoms with Crippen LogP contribution in [0.5, 0.6) is 5.75 Å². The molecule has 0 bridgehead atoms. The van der Waals surface area contributed by atoms with E-state index in [4.69, 9.17) is 4.74 Å². The Bertz CT molecular complexity index is 1630. The van der Waals surface area contributed by atoms with Gasteiger partial charge in [0.25, 0.3) is 5.91 Å². The minimum atomic E-state index is -4.67. The van der Waals surface area contributed by atoms with Crippen LogP contribution in [0.3, 0.4) is 0 Å². The fraction of sp³-hybridized carbons (Fsp3) is 0.148. The monoisotopic (exact) mass is 571 g/mol. The number of fused-ring (bicyclic) bond motifs is 1. The number of benzene rings is 2. The molecule has 1 aliphatic carbocycles. The quantitative estimate of drug-likeness (QED) is 0.193. The summed E-state index contributed by atoms with van der Waals surface area (Å²) in [6, 6.07) is 9.09. The third-order valence-corrected chi connectivity index (χ3v) is 6.84. The maximum Gasteiger partial charge on any atom is 0.416 e. The van der Waals surface area contributed by atoms with Gasteiger partial charge in [-0.25, -0.2) is 14.2 Å². The van der Waals surface area contributed by atoms with E-state index in [1.165, 1.54) is 11.3 Å². The first-order valence-corrected chi connectivity index (χ1v) is 12.8. The van der Waals surface area contributed by atoms with Crippen LogP contribution in [0.4, 0.5) is 34.0 Å². The number of aromatic amines is 1. The van der Waals surface area contributed by atoms with Gasteiger partial charge in [0.15, 0.2) is 0 Å². The third kappa shape index (κ3) is 6.15. The van der Waals surface area contributed by atoms with E-state index in [0.29, 0.717) is 51.6 Å². The van der Waals surface area contributed by atoms with E-state index in [9.17, 15) is 27.2 Å². The molecular weight excluding hydrogens is 550 g/mol. The summed E-state index contributed by atoms with van der Waals surface area (Å²) < 4.78 is 58.7. The van der Waals surface area contributed by atoms with Crippen LogP contribution < -0.4 is 20.7 Å². The van der Waals surface area contributed by atoms with Crippen molar-refractivity contribution in [2.24, 2.45) is 5.92 Å². The van der Waals surface area contributed by atoms with E-state index in [0.717, 1.165) is 0 Å². The number of allylic oxidation sites excluding steroid dienone is 1. The fourth-order valence-corrected chi connectivity index (χ4v) is 4.59. The number of thiophene rings is 1. The number of halogens is 4. The van der Waals surface area contributed by atoms with Crippen LogP contribution in [0.1, 0.15) is 22.2 Å². The summed E-state index contributed by atoms with van der Waals surface area (Å²) in [5.74, 6) is -0.217. The predicted molar refractivity (Wildman–Crippen MR) is 143 cm³/mol. The maximum atomic E-state index is 14.0. The molecule has 1 aliphatic rings. The van der Waals surface area contributed by atoms with Crippen molar-refractivity contribution in [2.75, 3.05) is 10.6 Å². The van der Waals surface area contributed by atoms with Crippen LogP contribution in [0.2, 0.25) is 0 Å². The normalized spacial score (nSPS) is 16.9. The fourth-order valence-electron chi connectivity index (χ4n) is 3.97.